The van der Waals surface area contributed by atoms with E-state index < -0.39 is 11.9 Å². The first kappa shape index (κ1) is 17.2. The summed E-state index contributed by atoms with van der Waals surface area (Å²) in [5.41, 5.74) is -0.328. The van der Waals surface area contributed by atoms with Crippen molar-refractivity contribution in [2.75, 3.05) is 13.2 Å². The molecular weight excluding hydrogens is 268 g/mol. The first-order valence-electron chi connectivity index (χ1n) is 7.50. The fourth-order valence-corrected chi connectivity index (χ4v) is 2.42. The van der Waals surface area contributed by atoms with Crippen molar-refractivity contribution in [3.8, 4) is 0 Å². The fourth-order valence-electron chi connectivity index (χ4n) is 2.42. The van der Waals surface area contributed by atoms with Crippen molar-refractivity contribution >= 4 is 11.9 Å². The zero-order valence-electron chi connectivity index (χ0n) is 13.1. The Morgan fingerprint density at radius 1 is 1.10 bits per heavy atom. The molecule has 0 bridgehead atoms. The maximum atomic E-state index is 12.0. The highest BCUT2D eigenvalue weighted by Crippen LogP contribution is 2.36. The van der Waals surface area contributed by atoms with Crippen LogP contribution in [0.4, 0.5) is 0 Å². The minimum Gasteiger partial charge on any atom is -0.462 e. The molecule has 0 saturated carbocycles. The van der Waals surface area contributed by atoms with E-state index in [1.54, 1.807) is 19.9 Å². The zero-order chi connectivity index (χ0) is 15.7. The van der Waals surface area contributed by atoms with Gasteiger partial charge in [0, 0.05) is 5.41 Å². The van der Waals surface area contributed by atoms with E-state index in [1.807, 2.05) is 24.3 Å². The van der Waals surface area contributed by atoms with Crippen LogP contribution in [-0.2, 0) is 19.1 Å². The highest BCUT2D eigenvalue weighted by atomic mass is 16.6. The summed E-state index contributed by atoms with van der Waals surface area (Å²) in [6.07, 6.45) is 12.3. The summed E-state index contributed by atoms with van der Waals surface area (Å²) in [7, 11) is 0. The third kappa shape index (κ3) is 4.88. The lowest BCUT2D eigenvalue weighted by atomic mass is 9.76. The lowest BCUT2D eigenvalue weighted by molar-refractivity contribution is -0.146. The molecule has 0 saturated heterocycles. The number of hydrogen-bond acceptors (Lipinski definition) is 4. The number of ether oxygens (including phenoxy) is 2. The highest BCUT2D eigenvalue weighted by molar-refractivity contribution is 6.14. The van der Waals surface area contributed by atoms with Crippen molar-refractivity contribution in [2.45, 2.75) is 40.0 Å². The average Bonchev–Trinajstić information content (AvgIpc) is 2.46. The molecule has 0 aromatic rings. The molecule has 1 unspecified atom stereocenters. The molecule has 0 heterocycles. The Bertz CT molecular complexity index is 439. The van der Waals surface area contributed by atoms with Crippen LogP contribution in [0.3, 0.4) is 0 Å². The average molecular weight is 292 g/mol. The van der Waals surface area contributed by atoms with E-state index in [4.69, 9.17) is 9.47 Å². The van der Waals surface area contributed by atoms with Crippen molar-refractivity contribution in [3.05, 3.63) is 36.0 Å². The molecule has 1 aliphatic carbocycles. The van der Waals surface area contributed by atoms with Gasteiger partial charge in [-0.25, -0.2) is 9.59 Å². The van der Waals surface area contributed by atoms with E-state index in [9.17, 15) is 9.59 Å². The predicted octanol–water partition coefficient (Wildman–Crippen LogP) is 3.34. The van der Waals surface area contributed by atoms with Crippen molar-refractivity contribution in [3.63, 3.8) is 0 Å². The molecule has 0 aromatic carbocycles. The molecule has 0 fully saturated rings. The summed E-state index contributed by atoms with van der Waals surface area (Å²) in [4.78, 5) is 24.1. The second-order valence-electron chi connectivity index (χ2n) is 4.97. The van der Waals surface area contributed by atoms with Crippen LogP contribution in [0.1, 0.15) is 40.0 Å². The third-order valence-corrected chi connectivity index (χ3v) is 3.31. The third-order valence-electron chi connectivity index (χ3n) is 3.31. The molecule has 0 amide bonds. The summed E-state index contributed by atoms with van der Waals surface area (Å²) in [6.45, 7) is 5.96. The second kappa shape index (κ2) is 8.45. The van der Waals surface area contributed by atoms with E-state index in [0.29, 0.717) is 0 Å². The number of esters is 2. The number of hydrogen-bond donors (Lipinski definition) is 0. The molecule has 21 heavy (non-hydrogen) atoms. The summed E-state index contributed by atoms with van der Waals surface area (Å²) < 4.78 is 9.97. The fraction of sp³-hybridized carbons (Fsp3) is 0.529. The van der Waals surface area contributed by atoms with Gasteiger partial charge in [0.25, 0.3) is 0 Å². The molecule has 0 radical (unpaired) electrons. The molecule has 4 heteroatoms. The highest BCUT2D eigenvalue weighted by Gasteiger charge is 2.30. The summed E-state index contributed by atoms with van der Waals surface area (Å²) >= 11 is 0. The standard InChI is InChI=1S/C17H24O4/c1-4-10-17(11-8-7-9-12-17)13-14(15(18)20-5-2)16(19)21-6-3/h7-9,11,13H,4-6,10,12H2,1-3H3. The second-order valence-corrected chi connectivity index (χ2v) is 4.97. The Balaban J connectivity index is 3.13. The molecular formula is C17H24O4. The lowest BCUT2D eigenvalue weighted by Crippen LogP contribution is -2.24. The van der Waals surface area contributed by atoms with E-state index in [0.717, 1.165) is 19.3 Å². The quantitative estimate of drug-likeness (QED) is 0.312. The molecule has 0 N–H and O–H groups in total. The van der Waals surface area contributed by atoms with Crippen LogP contribution >= 0.6 is 0 Å². The SMILES string of the molecule is CCCC1(C=C(C(=O)OCC)C(=O)OCC)C=CC=CC1. The zero-order valence-corrected chi connectivity index (χ0v) is 13.1. The van der Waals surface area contributed by atoms with Crippen molar-refractivity contribution in [1.29, 1.82) is 0 Å². The van der Waals surface area contributed by atoms with E-state index in [-0.39, 0.29) is 24.2 Å². The first-order valence-corrected chi connectivity index (χ1v) is 7.50. The minimum atomic E-state index is -0.616. The Morgan fingerprint density at radius 3 is 2.14 bits per heavy atom. The summed E-state index contributed by atoms with van der Waals surface area (Å²) in [5, 5.41) is 0. The largest absolute Gasteiger partial charge is 0.462 e. The van der Waals surface area contributed by atoms with Gasteiger partial charge in [0.15, 0.2) is 0 Å². The van der Waals surface area contributed by atoms with Crippen LogP contribution in [0.2, 0.25) is 0 Å². The van der Waals surface area contributed by atoms with Gasteiger partial charge in [-0.15, -0.1) is 0 Å². The molecule has 116 valence electrons. The maximum absolute atomic E-state index is 12.0. The van der Waals surface area contributed by atoms with Crippen molar-refractivity contribution in [2.24, 2.45) is 5.41 Å². The molecule has 1 atom stereocenters. The van der Waals surface area contributed by atoms with Gasteiger partial charge in [0.1, 0.15) is 5.57 Å². The van der Waals surface area contributed by atoms with Crippen LogP contribution in [0.25, 0.3) is 0 Å². The van der Waals surface area contributed by atoms with Crippen LogP contribution in [-0.4, -0.2) is 25.2 Å². The summed E-state index contributed by atoms with van der Waals surface area (Å²) in [5.74, 6) is -1.23. The topological polar surface area (TPSA) is 52.6 Å². The molecule has 0 spiro atoms. The predicted molar refractivity (Wildman–Crippen MR) is 81.6 cm³/mol. The Morgan fingerprint density at radius 2 is 1.71 bits per heavy atom. The van der Waals surface area contributed by atoms with Gasteiger partial charge in [0.05, 0.1) is 13.2 Å². The number of carbonyl (C=O) groups is 2. The Kier molecular flexibility index (Phi) is 6.92. The molecule has 0 aromatic heterocycles. The smallest absolute Gasteiger partial charge is 0.345 e. The van der Waals surface area contributed by atoms with Gasteiger partial charge in [-0.05, 0) is 26.7 Å². The summed E-state index contributed by atoms with van der Waals surface area (Å²) in [6, 6.07) is 0. The number of rotatable bonds is 7. The molecule has 1 aliphatic rings. The maximum Gasteiger partial charge on any atom is 0.345 e. The number of carbonyl (C=O) groups excluding carboxylic acids is 2. The van der Waals surface area contributed by atoms with Gasteiger partial charge in [-0.2, -0.15) is 0 Å². The Labute approximate surface area is 126 Å². The molecule has 4 nitrogen and oxygen atoms in total. The van der Waals surface area contributed by atoms with Gasteiger partial charge in [0.2, 0.25) is 0 Å². The van der Waals surface area contributed by atoms with Gasteiger partial charge in [-0.3, -0.25) is 0 Å². The first-order chi connectivity index (χ1) is 10.1. The van der Waals surface area contributed by atoms with Crippen LogP contribution in [0.15, 0.2) is 36.0 Å². The molecule has 1 rings (SSSR count). The van der Waals surface area contributed by atoms with Gasteiger partial charge < -0.3 is 9.47 Å². The van der Waals surface area contributed by atoms with Crippen molar-refractivity contribution < 1.29 is 19.1 Å². The molecule has 0 aliphatic heterocycles. The van der Waals surface area contributed by atoms with Gasteiger partial charge >= 0.3 is 11.9 Å². The Hall–Kier alpha value is -1.84. The van der Waals surface area contributed by atoms with E-state index in [1.165, 1.54) is 0 Å². The number of allylic oxidation sites excluding steroid dienone is 5. The van der Waals surface area contributed by atoms with Crippen LogP contribution in [0, 0.1) is 5.41 Å². The van der Waals surface area contributed by atoms with E-state index in [2.05, 4.69) is 6.92 Å². The van der Waals surface area contributed by atoms with E-state index >= 15 is 0 Å². The minimum absolute atomic E-state index is 0.00731. The van der Waals surface area contributed by atoms with Gasteiger partial charge in [-0.1, -0.05) is 43.7 Å². The van der Waals surface area contributed by atoms with Crippen LogP contribution in [0.5, 0.6) is 0 Å². The monoisotopic (exact) mass is 292 g/mol. The normalized spacial score (nSPS) is 20.0. The lowest BCUT2D eigenvalue weighted by Gasteiger charge is -2.28. The van der Waals surface area contributed by atoms with Crippen LogP contribution < -0.4 is 0 Å². The van der Waals surface area contributed by atoms with Crippen molar-refractivity contribution in [1.82, 2.24) is 0 Å².